The molecule has 0 bridgehead atoms. The van der Waals surface area contributed by atoms with E-state index in [-0.39, 0.29) is 0 Å². The molecule has 0 saturated heterocycles. The molecule has 0 atom stereocenters. The van der Waals surface area contributed by atoms with Crippen LogP contribution in [0.5, 0.6) is 0 Å². The fourth-order valence-corrected chi connectivity index (χ4v) is 1.91. The van der Waals surface area contributed by atoms with E-state index >= 15 is 0 Å². The lowest BCUT2D eigenvalue weighted by molar-refractivity contribution is 0.105. The van der Waals surface area contributed by atoms with E-state index in [1.165, 1.54) is 0 Å². The van der Waals surface area contributed by atoms with Gasteiger partial charge >= 0.3 is 0 Å². The number of fused-ring (bicyclic) bond motifs is 3. The second-order valence-electron chi connectivity index (χ2n) is 3.38. The molecule has 1 aliphatic rings. The third-order valence-corrected chi connectivity index (χ3v) is 2.64. The van der Waals surface area contributed by atoms with Gasteiger partial charge < -0.3 is 4.74 Å². The topological polar surface area (TPSA) is 39.9 Å². The zero-order valence-corrected chi connectivity index (χ0v) is 8.61. The van der Waals surface area contributed by atoms with Gasteiger partial charge in [-0.05, 0) is 18.2 Å². The Bertz CT molecular complexity index is 509. The van der Waals surface area contributed by atoms with Crippen molar-refractivity contribution < 1.29 is 4.74 Å². The molecule has 1 aromatic heterocycles. The van der Waals surface area contributed by atoms with Crippen molar-refractivity contribution in [3.63, 3.8) is 0 Å². The maximum atomic E-state index is 5.93. The molecule has 0 fully saturated rings. The lowest BCUT2D eigenvalue weighted by Crippen LogP contribution is -1.98. The van der Waals surface area contributed by atoms with Crippen molar-refractivity contribution in [1.29, 1.82) is 0 Å². The van der Waals surface area contributed by atoms with Crippen molar-refractivity contribution in [2.45, 2.75) is 13.2 Å². The zero-order chi connectivity index (χ0) is 10.3. The van der Waals surface area contributed by atoms with Crippen molar-refractivity contribution in [1.82, 2.24) is 14.8 Å². The van der Waals surface area contributed by atoms with Crippen molar-refractivity contribution in [3.05, 3.63) is 40.9 Å². The van der Waals surface area contributed by atoms with Gasteiger partial charge in [0.25, 0.3) is 0 Å². The van der Waals surface area contributed by atoms with Crippen LogP contribution in [0.15, 0.2) is 24.5 Å². The predicted octanol–water partition coefficient (Wildman–Crippen LogP) is 1.95. The SMILES string of the molecule is Clc1ccc2c(c1)COCc1nncn1-2. The summed E-state index contributed by atoms with van der Waals surface area (Å²) in [5.74, 6) is 0.816. The molecule has 3 rings (SSSR count). The van der Waals surface area contributed by atoms with Crippen LogP contribution < -0.4 is 0 Å². The molecule has 0 spiro atoms. The van der Waals surface area contributed by atoms with Gasteiger partial charge in [0.05, 0.1) is 12.3 Å². The average molecular weight is 222 g/mol. The summed E-state index contributed by atoms with van der Waals surface area (Å²) >= 11 is 5.93. The second kappa shape index (κ2) is 3.32. The van der Waals surface area contributed by atoms with Crippen LogP contribution in [0.4, 0.5) is 0 Å². The van der Waals surface area contributed by atoms with Crippen LogP contribution in [0, 0.1) is 0 Å². The number of ether oxygens (including phenoxy) is 1. The first-order valence-electron chi connectivity index (χ1n) is 4.60. The third-order valence-electron chi connectivity index (χ3n) is 2.41. The molecule has 15 heavy (non-hydrogen) atoms. The molecule has 2 heterocycles. The Morgan fingerprint density at radius 1 is 1.33 bits per heavy atom. The van der Waals surface area contributed by atoms with Crippen LogP contribution in [0.3, 0.4) is 0 Å². The van der Waals surface area contributed by atoms with Crippen molar-refractivity contribution in [2.75, 3.05) is 0 Å². The monoisotopic (exact) mass is 221 g/mol. The number of aromatic nitrogens is 3. The third kappa shape index (κ3) is 1.42. The maximum Gasteiger partial charge on any atom is 0.163 e. The summed E-state index contributed by atoms with van der Waals surface area (Å²) in [4.78, 5) is 0. The van der Waals surface area contributed by atoms with Gasteiger partial charge in [-0.3, -0.25) is 4.57 Å². The molecule has 76 valence electrons. The molecule has 0 unspecified atom stereocenters. The predicted molar refractivity (Wildman–Crippen MR) is 54.9 cm³/mol. The number of nitrogens with zero attached hydrogens (tertiary/aromatic N) is 3. The molecule has 0 aliphatic carbocycles. The summed E-state index contributed by atoms with van der Waals surface area (Å²) in [6.07, 6.45) is 1.69. The minimum Gasteiger partial charge on any atom is -0.369 e. The van der Waals surface area contributed by atoms with Gasteiger partial charge in [0.2, 0.25) is 0 Å². The fourth-order valence-electron chi connectivity index (χ4n) is 1.72. The van der Waals surface area contributed by atoms with Crippen molar-refractivity contribution in [3.8, 4) is 5.69 Å². The molecular formula is C10H8ClN3O. The van der Waals surface area contributed by atoms with Crippen molar-refractivity contribution >= 4 is 11.6 Å². The Hall–Kier alpha value is -1.39. The summed E-state index contributed by atoms with van der Waals surface area (Å²) in [5, 5.41) is 8.58. The van der Waals surface area contributed by atoms with Gasteiger partial charge in [-0.15, -0.1) is 10.2 Å². The van der Waals surface area contributed by atoms with E-state index in [9.17, 15) is 0 Å². The average Bonchev–Trinajstić information content (AvgIpc) is 2.61. The van der Waals surface area contributed by atoms with E-state index < -0.39 is 0 Å². The van der Waals surface area contributed by atoms with E-state index in [2.05, 4.69) is 10.2 Å². The molecule has 2 aromatic rings. The summed E-state index contributed by atoms with van der Waals surface area (Å²) in [6, 6.07) is 5.72. The van der Waals surface area contributed by atoms with Crippen molar-refractivity contribution in [2.24, 2.45) is 0 Å². The molecule has 1 aromatic carbocycles. The normalized spacial score (nSPS) is 14.2. The van der Waals surface area contributed by atoms with E-state index in [0.29, 0.717) is 18.2 Å². The summed E-state index contributed by atoms with van der Waals surface area (Å²) in [5.41, 5.74) is 2.10. The van der Waals surface area contributed by atoms with E-state index in [4.69, 9.17) is 16.3 Å². The van der Waals surface area contributed by atoms with Gasteiger partial charge in [-0.25, -0.2) is 0 Å². The number of hydrogen-bond donors (Lipinski definition) is 0. The Morgan fingerprint density at radius 2 is 2.27 bits per heavy atom. The van der Waals surface area contributed by atoms with Crippen LogP contribution in [-0.4, -0.2) is 14.8 Å². The highest BCUT2D eigenvalue weighted by Crippen LogP contribution is 2.24. The molecule has 0 amide bonds. The highest BCUT2D eigenvalue weighted by Gasteiger charge is 2.15. The van der Waals surface area contributed by atoms with Crippen LogP contribution in [0.2, 0.25) is 5.02 Å². The molecule has 5 heteroatoms. The van der Waals surface area contributed by atoms with Gasteiger partial charge in [0.15, 0.2) is 5.82 Å². The first kappa shape index (κ1) is 8.88. The van der Waals surface area contributed by atoms with Crippen LogP contribution in [0.1, 0.15) is 11.4 Å². The standard InChI is InChI=1S/C10H8ClN3O/c11-8-1-2-9-7(3-8)4-15-5-10-13-12-6-14(9)10/h1-3,6H,4-5H2. The number of halogens is 1. The first-order valence-corrected chi connectivity index (χ1v) is 4.98. The number of rotatable bonds is 0. The Morgan fingerprint density at radius 3 is 3.20 bits per heavy atom. The largest absolute Gasteiger partial charge is 0.369 e. The number of hydrogen-bond acceptors (Lipinski definition) is 3. The summed E-state index contributed by atoms with van der Waals surface area (Å²) in [6.45, 7) is 1.03. The molecule has 4 nitrogen and oxygen atoms in total. The first-order chi connectivity index (χ1) is 7.34. The second-order valence-corrected chi connectivity index (χ2v) is 3.82. The molecule has 0 N–H and O–H groups in total. The highest BCUT2D eigenvalue weighted by molar-refractivity contribution is 6.30. The van der Waals surface area contributed by atoms with Gasteiger partial charge in [0.1, 0.15) is 12.9 Å². The summed E-state index contributed by atoms with van der Waals surface area (Å²) in [7, 11) is 0. The molecule has 0 saturated carbocycles. The van der Waals surface area contributed by atoms with Crippen LogP contribution in [-0.2, 0) is 18.0 Å². The van der Waals surface area contributed by atoms with Crippen LogP contribution >= 0.6 is 11.6 Å². The van der Waals surface area contributed by atoms with E-state index in [1.54, 1.807) is 6.33 Å². The smallest absolute Gasteiger partial charge is 0.163 e. The lowest BCUT2D eigenvalue weighted by atomic mass is 10.2. The molecule has 1 aliphatic heterocycles. The lowest BCUT2D eigenvalue weighted by Gasteiger charge is -2.06. The Balaban J connectivity index is 2.25. The van der Waals surface area contributed by atoms with Gasteiger partial charge in [-0.2, -0.15) is 0 Å². The Labute approximate surface area is 91.5 Å². The minimum absolute atomic E-state index is 0.478. The summed E-state index contributed by atoms with van der Waals surface area (Å²) < 4.78 is 7.41. The van der Waals surface area contributed by atoms with Gasteiger partial charge in [0, 0.05) is 10.6 Å². The highest BCUT2D eigenvalue weighted by atomic mass is 35.5. The maximum absolute atomic E-state index is 5.93. The van der Waals surface area contributed by atoms with Crippen LogP contribution in [0.25, 0.3) is 5.69 Å². The minimum atomic E-state index is 0.478. The molecule has 0 radical (unpaired) electrons. The molecular weight excluding hydrogens is 214 g/mol. The zero-order valence-electron chi connectivity index (χ0n) is 7.85. The van der Waals surface area contributed by atoms with E-state index in [0.717, 1.165) is 17.1 Å². The van der Waals surface area contributed by atoms with E-state index in [1.807, 2.05) is 22.8 Å². The number of benzene rings is 1. The fraction of sp³-hybridized carbons (Fsp3) is 0.200. The van der Waals surface area contributed by atoms with Gasteiger partial charge in [-0.1, -0.05) is 11.6 Å². The Kier molecular flexibility index (Phi) is 1.97. The quantitative estimate of drug-likeness (QED) is 0.683.